The molecule has 36 heavy (non-hydrogen) atoms. The lowest BCUT2D eigenvalue weighted by Crippen LogP contribution is -2.38. The van der Waals surface area contributed by atoms with Crippen LogP contribution in [0.4, 0.5) is 18.9 Å². The first-order chi connectivity index (χ1) is 17.3. The molecule has 1 unspecified atom stereocenters. The molecule has 3 aliphatic rings. The maximum atomic E-state index is 13.5. The van der Waals surface area contributed by atoms with E-state index in [1.54, 1.807) is 6.07 Å². The molecular formula is C29H44F3N3O. The van der Waals surface area contributed by atoms with Gasteiger partial charge in [0.2, 0.25) is 5.91 Å². The number of carbonyl (C=O) groups is 1. The third kappa shape index (κ3) is 6.76. The minimum atomic E-state index is -4.35. The third-order valence-corrected chi connectivity index (χ3v) is 8.80. The van der Waals surface area contributed by atoms with Gasteiger partial charge in [-0.2, -0.15) is 13.2 Å². The standard InChI is InChI=1S/C29H44F3N3O/c1-3-33(25-8-5-4-6-9-25)16-7-10-28(36)35-19-15-23(21-35)26-12-11-24(29(30,31)32)20-27(26)34-17-13-22(2)14-18-34/h11-12,20,22-23,25H,3-10,13-19,21H2,1-2H3. The van der Waals surface area contributed by atoms with E-state index in [9.17, 15) is 18.0 Å². The molecule has 2 heterocycles. The summed E-state index contributed by atoms with van der Waals surface area (Å²) in [6.45, 7) is 9.32. The van der Waals surface area contributed by atoms with E-state index in [1.165, 1.54) is 44.2 Å². The van der Waals surface area contributed by atoms with Crippen molar-refractivity contribution in [1.82, 2.24) is 9.80 Å². The molecular weight excluding hydrogens is 463 g/mol. The van der Waals surface area contributed by atoms with Crippen molar-refractivity contribution in [3.05, 3.63) is 29.3 Å². The number of halogens is 3. The minimum Gasteiger partial charge on any atom is -0.371 e. The number of piperidine rings is 1. The number of anilines is 1. The molecule has 2 aliphatic heterocycles. The molecule has 1 aromatic carbocycles. The van der Waals surface area contributed by atoms with Gasteiger partial charge in [-0.25, -0.2) is 0 Å². The van der Waals surface area contributed by atoms with Crippen LogP contribution in [0.2, 0.25) is 0 Å². The van der Waals surface area contributed by atoms with Gasteiger partial charge in [0.15, 0.2) is 0 Å². The van der Waals surface area contributed by atoms with Gasteiger partial charge >= 0.3 is 6.18 Å². The Bertz CT molecular complexity index is 860. The third-order valence-electron chi connectivity index (χ3n) is 8.80. The molecule has 0 N–H and O–H groups in total. The Labute approximate surface area is 215 Å². The van der Waals surface area contributed by atoms with Gasteiger partial charge in [0, 0.05) is 50.2 Å². The van der Waals surface area contributed by atoms with Gasteiger partial charge in [-0.05, 0) is 75.2 Å². The molecule has 0 bridgehead atoms. The Morgan fingerprint density at radius 2 is 1.75 bits per heavy atom. The topological polar surface area (TPSA) is 26.8 Å². The molecule has 0 spiro atoms. The number of hydrogen-bond acceptors (Lipinski definition) is 3. The van der Waals surface area contributed by atoms with Crippen molar-refractivity contribution >= 4 is 11.6 Å². The first-order valence-corrected chi connectivity index (χ1v) is 14.2. The van der Waals surface area contributed by atoms with Gasteiger partial charge in [0.25, 0.3) is 0 Å². The van der Waals surface area contributed by atoms with Gasteiger partial charge in [-0.15, -0.1) is 0 Å². The summed E-state index contributed by atoms with van der Waals surface area (Å²) in [5, 5.41) is 0. The molecule has 4 rings (SSSR count). The first-order valence-electron chi connectivity index (χ1n) is 14.2. The van der Waals surface area contributed by atoms with Crippen LogP contribution < -0.4 is 4.90 Å². The lowest BCUT2D eigenvalue weighted by atomic mass is 9.92. The average Bonchev–Trinajstić information content (AvgIpc) is 3.37. The number of hydrogen-bond donors (Lipinski definition) is 0. The van der Waals surface area contributed by atoms with Crippen LogP contribution in [-0.2, 0) is 11.0 Å². The highest BCUT2D eigenvalue weighted by Crippen LogP contribution is 2.40. The van der Waals surface area contributed by atoms with E-state index >= 15 is 0 Å². The zero-order chi connectivity index (χ0) is 25.7. The Morgan fingerprint density at radius 1 is 1.03 bits per heavy atom. The van der Waals surface area contributed by atoms with Crippen molar-refractivity contribution in [1.29, 1.82) is 0 Å². The summed E-state index contributed by atoms with van der Waals surface area (Å²) in [7, 11) is 0. The summed E-state index contributed by atoms with van der Waals surface area (Å²) in [6, 6.07) is 4.92. The maximum Gasteiger partial charge on any atom is 0.416 e. The molecule has 1 amide bonds. The van der Waals surface area contributed by atoms with Crippen molar-refractivity contribution in [2.75, 3.05) is 44.2 Å². The molecule has 0 radical (unpaired) electrons. The summed E-state index contributed by atoms with van der Waals surface area (Å²) < 4.78 is 40.6. The fraction of sp³-hybridized carbons (Fsp3) is 0.759. The van der Waals surface area contributed by atoms with Crippen LogP contribution in [0.5, 0.6) is 0 Å². The predicted octanol–water partition coefficient (Wildman–Crippen LogP) is 6.69. The summed E-state index contributed by atoms with van der Waals surface area (Å²) in [4.78, 5) is 19.7. The second-order valence-corrected chi connectivity index (χ2v) is 11.3. The summed E-state index contributed by atoms with van der Waals surface area (Å²) in [6.07, 6.45) is 6.44. The summed E-state index contributed by atoms with van der Waals surface area (Å²) in [5.41, 5.74) is 1.12. The summed E-state index contributed by atoms with van der Waals surface area (Å²) >= 11 is 0. The molecule has 3 fully saturated rings. The van der Waals surface area contributed by atoms with Gasteiger partial charge in [-0.1, -0.05) is 39.2 Å². The van der Waals surface area contributed by atoms with E-state index in [4.69, 9.17) is 0 Å². The quantitative estimate of drug-likeness (QED) is 0.392. The van der Waals surface area contributed by atoms with Crippen LogP contribution in [0.3, 0.4) is 0 Å². The van der Waals surface area contributed by atoms with E-state index < -0.39 is 11.7 Å². The Morgan fingerprint density at radius 3 is 2.42 bits per heavy atom. The van der Waals surface area contributed by atoms with Crippen molar-refractivity contribution in [3.63, 3.8) is 0 Å². The lowest BCUT2D eigenvalue weighted by molar-refractivity contribution is -0.137. The Balaban J connectivity index is 1.37. The SMILES string of the molecule is CCN(CCCC(=O)N1CCC(c2ccc(C(F)(F)F)cc2N2CCC(C)CC2)C1)C1CCCCC1. The second kappa shape index (κ2) is 12.2. The highest BCUT2D eigenvalue weighted by Gasteiger charge is 2.35. The number of amides is 1. The number of rotatable bonds is 8. The van der Waals surface area contributed by atoms with Gasteiger partial charge in [0.05, 0.1) is 5.56 Å². The monoisotopic (exact) mass is 507 g/mol. The van der Waals surface area contributed by atoms with E-state index in [0.717, 1.165) is 63.1 Å². The number of benzene rings is 1. The van der Waals surface area contributed by atoms with Crippen molar-refractivity contribution in [3.8, 4) is 0 Å². The van der Waals surface area contributed by atoms with E-state index in [0.29, 0.717) is 31.5 Å². The first kappa shape index (κ1) is 27.3. The predicted molar refractivity (Wildman–Crippen MR) is 139 cm³/mol. The number of nitrogens with zero attached hydrogens (tertiary/aromatic N) is 3. The normalized spacial score (nSPS) is 22.6. The number of alkyl halides is 3. The Kier molecular flexibility index (Phi) is 9.24. The van der Waals surface area contributed by atoms with Gasteiger partial charge in [-0.3, -0.25) is 4.79 Å². The second-order valence-electron chi connectivity index (χ2n) is 11.3. The highest BCUT2D eigenvalue weighted by molar-refractivity contribution is 5.76. The minimum absolute atomic E-state index is 0.0972. The highest BCUT2D eigenvalue weighted by atomic mass is 19.4. The molecule has 1 saturated carbocycles. The van der Waals surface area contributed by atoms with Crippen LogP contribution in [-0.4, -0.2) is 61.0 Å². The van der Waals surface area contributed by atoms with Crippen molar-refractivity contribution in [2.45, 2.75) is 96.2 Å². The maximum absolute atomic E-state index is 13.5. The van der Waals surface area contributed by atoms with E-state index in [-0.39, 0.29) is 11.8 Å². The van der Waals surface area contributed by atoms with Crippen LogP contribution in [0.1, 0.15) is 95.1 Å². The number of likely N-dealkylation sites (tertiary alicyclic amines) is 1. The Hall–Kier alpha value is -1.76. The van der Waals surface area contributed by atoms with Crippen LogP contribution in [0.25, 0.3) is 0 Å². The average molecular weight is 508 g/mol. The van der Waals surface area contributed by atoms with E-state index in [2.05, 4.69) is 23.6 Å². The largest absolute Gasteiger partial charge is 0.416 e. The smallest absolute Gasteiger partial charge is 0.371 e. The molecule has 4 nitrogen and oxygen atoms in total. The van der Waals surface area contributed by atoms with Gasteiger partial charge in [0.1, 0.15) is 0 Å². The molecule has 7 heteroatoms. The molecule has 1 aliphatic carbocycles. The van der Waals surface area contributed by atoms with Crippen LogP contribution in [0.15, 0.2) is 18.2 Å². The van der Waals surface area contributed by atoms with E-state index in [1.807, 2.05) is 4.90 Å². The number of carbonyl (C=O) groups excluding carboxylic acids is 1. The van der Waals surface area contributed by atoms with Crippen LogP contribution >= 0.6 is 0 Å². The van der Waals surface area contributed by atoms with Gasteiger partial charge < -0.3 is 14.7 Å². The molecule has 0 aromatic heterocycles. The fourth-order valence-electron chi connectivity index (χ4n) is 6.47. The molecule has 1 aromatic rings. The van der Waals surface area contributed by atoms with Crippen LogP contribution in [0, 0.1) is 5.92 Å². The lowest BCUT2D eigenvalue weighted by Gasteiger charge is -2.35. The molecule has 202 valence electrons. The zero-order valence-corrected chi connectivity index (χ0v) is 22.2. The molecule has 1 atom stereocenters. The molecule has 2 saturated heterocycles. The fourth-order valence-corrected chi connectivity index (χ4v) is 6.47. The van der Waals surface area contributed by atoms with Crippen molar-refractivity contribution < 1.29 is 18.0 Å². The zero-order valence-electron chi connectivity index (χ0n) is 22.2. The summed E-state index contributed by atoms with van der Waals surface area (Å²) in [5.74, 6) is 0.897. The van der Waals surface area contributed by atoms with Crippen molar-refractivity contribution in [2.24, 2.45) is 5.92 Å².